The summed E-state index contributed by atoms with van der Waals surface area (Å²) < 4.78 is 5.92. The molecule has 3 nitrogen and oxygen atoms in total. The van der Waals surface area contributed by atoms with E-state index in [9.17, 15) is 0 Å². The third-order valence-electron chi connectivity index (χ3n) is 5.54. The van der Waals surface area contributed by atoms with E-state index < -0.39 is 0 Å². The normalized spacial score (nSPS) is 20.8. The Labute approximate surface area is 162 Å². The van der Waals surface area contributed by atoms with Crippen LogP contribution >= 0.6 is 11.3 Å². The van der Waals surface area contributed by atoms with E-state index in [0.717, 1.165) is 38.5 Å². The molecule has 2 aromatic rings. The highest BCUT2D eigenvalue weighted by Gasteiger charge is 2.38. The SMILES string of the molecule is CCOC[C@@]1(CCc2cc(C)cs2)CCN(Cc2ccc(C)nc2C)C1. The summed E-state index contributed by atoms with van der Waals surface area (Å²) in [5, 5.41) is 2.26. The van der Waals surface area contributed by atoms with Gasteiger partial charge in [-0.3, -0.25) is 9.88 Å². The third-order valence-corrected chi connectivity index (χ3v) is 6.66. The number of pyridine rings is 1. The van der Waals surface area contributed by atoms with Gasteiger partial charge in [0.15, 0.2) is 0 Å². The number of nitrogens with zero attached hydrogens (tertiary/aromatic N) is 2. The number of hydrogen-bond donors (Lipinski definition) is 0. The van der Waals surface area contributed by atoms with Gasteiger partial charge in [0.25, 0.3) is 0 Å². The molecule has 3 rings (SSSR count). The summed E-state index contributed by atoms with van der Waals surface area (Å²) in [4.78, 5) is 8.73. The van der Waals surface area contributed by atoms with Crippen molar-refractivity contribution in [3.8, 4) is 0 Å². The molecule has 1 saturated heterocycles. The lowest BCUT2D eigenvalue weighted by Gasteiger charge is -2.29. The third kappa shape index (κ3) is 4.93. The molecule has 0 N–H and O–H groups in total. The Morgan fingerprint density at radius 3 is 2.81 bits per heavy atom. The van der Waals surface area contributed by atoms with Crippen LogP contribution in [0.25, 0.3) is 0 Å². The maximum atomic E-state index is 5.92. The van der Waals surface area contributed by atoms with Gasteiger partial charge in [0, 0.05) is 41.4 Å². The minimum Gasteiger partial charge on any atom is -0.381 e. The van der Waals surface area contributed by atoms with Gasteiger partial charge in [0.05, 0.1) is 6.61 Å². The first-order valence-corrected chi connectivity index (χ1v) is 10.6. The molecule has 0 aromatic carbocycles. The Kier molecular flexibility index (Phi) is 6.49. The molecule has 142 valence electrons. The van der Waals surface area contributed by atoms with Gasteiger partial charge in [-0.2, -0.15) is 0 Å². The molecule has 0 radical (unpaired) electrons. The molecule has 26 heavy (non-hydrogen) atoms. The number of ether oxygens (including phenoxy) is 1. The second kappa shape index (κ2) is 8.64. The molecular formula is C22H32N2OS. The lowest BCUT2D eigenvalue weighted by molar-refractivity contribution is 0.0490. The molecule has 1 fully saturated rings. The zero-order valence-corrected chi connectivity index (χ0v) is 17.5. The molecule has 4 heteroatoms. The highest BCUT2D eigenvalue weighted by molar-refractivity contribution is 7.10. The monoisotopic (exact) mass is 372 g/mol. The van der Waals surface area contributed by atoms with Crippen molar-refractivity contribution < 1.29 is 4.74 Å². The van der Waals surface area contributed by atoms with Crippen molar-refractivity contribution in [2.75, 3.05) is 26.3 Å². The maximum Gasteiger partial charge on any atom is 0.0535 e. The Balaban J connectivity index is 1.64. The first-order chi connectivity index (χ1) is 12.5. The standard InChI is InChI=1S/C22H32N2OS/c1-5-25-16-22(9-8-21-12-17(2)14-26-21)10-11-24(15-22)13-20-7-6-18(3)23-19(20)4/h6-7,12,14H,5,8-11,13,15-16H2,1-4H3/t22-/m0/s1. The van der Waals surface area contributed by atoms with Crippen LogP contribution in [0.4, 0.5) is 0 Å². The largest absolute Gasteiger partial charge is 0.381 e. The molecule has 3 heterocycles. The molecule has 1 aliphatic rings. The molecule has 1 aliphatic heterocycles. The molecule has 0 unspecified atom stereocenters. The minimum absolute atomic E-state index is 0.292. The van der Waals surface area contributed by atoms with Crippen molar-refractivity contribution in [1.29, 1.82) is 0 Å². The van der Waals surface area contributed by atoms with E-state index in [-0.39, 0.29) is 0 Å². The van der Waals surface area contributed by atoms with Crippen LogP contribution in [-0.4, -0.2) is 36.2 Å². The van der Waals surface area contributed by atoms with Crippen molar-refractivity contribution >= 4 is 11.3 Å². The highest BCUT2D eigenvalue weighted by atomic mass is 32.1. The second-order valence-corrected chi connectivity index (χ2v) is 8.88. The molecule has 0 aliphatic carbocycles. The minimum atomic E-state index is 0.292. The van der Waals surface area contributed by atoms with Crippen LogP contribution < -0.4 is 0 Å². The van der Waals surface area contributed by atoms with Crippen LogP contribution in [0, 0.1) is 26.2 Å². The summed E-state index contributed by atoms with van der Waals surface area (Å²) >= 11 is 1.90. The molecule has 0 spiro atoms. The van der Waals surface area contributed by atoms with Crippen molar-refractivity contribution in [3.63, 3.8) is 0 Å². The fourth-order valence-corrected chi connectivity index (χ4v) is 4.89. The molecule has 1 atom stereocenters. The van der Waals surface area contributed by atoms with Crippen molar-refractivity contribution in [2.24, 2.45) is 5.41 Å². The quantitative estimate of drug-likeness (QED) is 0.657. The number of aryl methyl sites for hydroxylation is 4. The van der Waals surface area contributed by atoms with Crippen molar-refractivity contribution in [1.82, 2.24) is 9.88 Å². The van der Waals surface area contributed by atoms with Crippen LogP contribution in [0.5, 0.6) is 0 Å². The van der Waals surface area contributed by atoms with Gasteiger partial charge >= 0.3 is 0 Å². The summed E-state index contributed by atoms with van der Waals surface area (Å²) in [6, 6.07) is 6.71. The fraction of sp³-hybridized carbons (Fsp3) is 0.591. The summed E-state index contributed by atoms with van der Waals surface area (Å²) in [7, 11) is 0. The van der Waals surface area contributed by atoms with Crippen LogP contribution in [0.15, 0.2) is 23.6 Å². The van der Waals surface area contributed by atoms with Gasteiger partial charge in [0.1, 0.15) is 0 Å². The van der Waals surface area contributed by atoms with Crippen LogP contribution in [0.1, 0.15) is 47.2 Å². The van der Waals surface area contributed by atoms with E-state index >= 15 is 0 Å². The average molecular weight is 373 g/mol. The van der Waals surface area contributed by atoms with Crippen LogP contribution in [0.2, 0.25) is 0 Å². The van der Waals surface area contributed by atoms with Gasteiger partial charge in [-0.05, 0) is 82.1 Å². The van der Waals surface area contributed by atoms with Crippen molar-refractivity contribution in [2.45, 2.75) is 53.5 Å². The number of hydrogen-bond acceptors (Lipinski definition) is 4. The van der Waals surface area contributed by atoms with Gasteiger partial charge < -0.3 is 4.74 Å². The van der Waals surface area contributed by atoms with Crippen LogP contribution in [-0.2, 0) is 17.7 Å². The van der Waals surface area contributed by atoms with E-state index in [2.05, 4.69) is 61.2 Å². The van der Waals surface area contributed by atoms with E-state index in [0.29, 0.717) is 5.41 Å². The van der Waals surface area contributed by atoms with Crippen molar-refractivity contribution in [3.05, 3.63) is 51.0 Å². The highest BCUT2D eigenvalue weighted by Crippen LogP contribution is 2.37. The summed E-state index contributed by atoms with van der Waals surface area (Å²) in [5.41, 5.74) is 5.31. The number of rotatable bonds is 8. The number of thiophene rings is 1. The van der Waals surface area contributed by atoms with Gasteiger partial charge in [0.2, 0.25) is 0 Å². The first kappa shape index (κ1) is 19.5. The predicted octanol–water partition coefficient (Wildman–Crippen LogP) is 4.93. The van der Waals surface area contributed by atoms with E-state index in [1.807, 2.05) is 11.3 Å². The van der Waals surface area contributed by atoms with Gasteiger partial charge in [-0.25, -0.2) is 0 Å². The van der Waals surface area contributed by atoms with E-state index in [1.165, 1.54) is 41.0 Å². The Morgan fingerprint density at radius 2 is 2.12 bits per heavy atom. The zero-order valence-electron chi connectivity index (χ0n) is 16.7. The van der Waals surface area contributed by atoms with Crippen LogP contribution in [0.3, 0.4) is 0 Å². The Morgan fingerprint density at radius 1 is 1.27 bits per heavy atom. The first-order valence-electron chi connectivity index (χ1n) is 9.77. The summed E-state index contributed by atoms with van der Waals surface area (Å²) in [5.74, 6) is 0. The molecule has 0 bridgehead atoms. The zero-order chi connectivity index (χ0) is 18.6. The van der Waals surface area contributed by atoms with Gasteiger partial charge in [-0.15, -0.1) is 11.3 Å². The number of likely N-dealkylation sites (tertiary alicyclic amines) is 1. The van der Waals surface area contributed by atoms with E-state index in [4.69, 9.17) is 4.74 Å². The molecule has 0 amide bonds. The molecular weight excluding hydrogens is 340 g/mol. The lowest BCUT2D eigenvalue weighted by Crippen LogP contribution is -2.32. The fourth-order valence-electron chi connectivity index (χ4n) is 4.01. The van der Waals surface area contributed by atoms with E-state index in [1.54, 1.807) is 0 Å². The van der Waals surface area contributed by atoms with Gasteiger partial charge in [-0.1, -0.05) is 6.07 Å². The maximum absolute atomic E-state index is 5.92. The summed E-state index contributed by atoms with van der Waals surface area (Å²) in [6.45, 7) is 13.5. The average Bonchev–Trinajstić information content (AvgIpc) is 3.21. The number of aromatic nitrogens is 1. The summed E-state index contributed by atoms with van der Waals surface area (Å²) in [6.07, 6.45) is 3.62. The Bertz CT molecular complexity index is 727. The Hall–Kier alpha value is -1.23. The topological polar surface area (TPSA) is 25.4 Å². The lowest BCUT2D eigenvalue weighted by atomic mass is 9.83. The molecule has 0 saturated carbocycles. The predicted molar refractivity (Wildman–Crippen MR) is 110 cm³/mol. The molecule has 2 aromatic heterocycles. The second-order valence-electron chi connectivity index (χ2n) is 7.89. The smallest absolute Gasteiger partial charge is 0.0535 e.